The van der Waals surface area contributed by atoms with Gasteiger partial charge >= 0.3 is 0 Å². The van der Waals surface area contributed by atoms with Gasteiger partial charge in [-0.2, -0.15) is 0 Å². The van der Waals surface area contributed by atoms with Crippen LogP contribution >= 0.6 is 11.6 Å². The smallest absolute Gasteiger partial charge is 0.123 e. The summed E-state index contributed by atoms with van der Waals surface area (Å²) in [7, 11) is 1.71. The topological polar surface area (TPSA) is 21.3 Å². The fraction of sp³-hybridized carbons (Fsp3) is 0.294. The highest BCUT2D eigenvalue weighted by Crippen LogP contribution is 2.27. The molecule has 0 heterocycles. The summed E-state index contributed by atoms with van der Waals surface area (Å²) in [4.78, 5) is 0. The molecule has 0 saturated heterocycles. The monoisotopic (exact) mass is 289 g/mol. The van der Waals surface area contributed by atoms with E-state index in [0.29, 0.717) is 0 Å². The number of halogens is 1. The summed E-state index contributed by atoms with van der Waals surface area (Å²) in [5.74, 6) is 0.929. The van der Waals surface area contributed by atoms with E-state index in [0.717, 1.165) is 23.7 Å². The summed E-state index contributed by atoms with van der Waals surface area (Å²) in [5.41, 5.74) is 2.38. The van der Waals surface area contributed by atoms with Crippen molar-refractivity contribution in [2.75, 3.05) is 7.11 Å². The lowest BCUT2D eigenvalue weighted by Crippen LogP contribution is -2.20. The molecule has 2 aromatic carbocycles. The summed E-state index contributed by atoms with van der Waals surface area (Å²) in [5, 5.41) is 4.34. The number of hydrogen-bond donors (Lipinski definition) is 1. The van der Waals surface area contributed by atoms with Gasteiger partial charge in [-0.25, -0.2) is 0 Å². The zero-order valence-corrected chi connectivity index (χ0v) is 12.7. The van der Waals surface area contributed by atoms with Gasteiger partial charge in [0.2, 0.25) is 0 Å². The van der Waals surface area contributed by atoms with Crippen LogP contribution < -0.4 is 10.1 Å². The lowest BCUT2D eigenvalue weighted by molar-refractivity contribution is 0.396. The van der Waals surface area contributed by atoms with Crippen LogP contribution in [-0.2, 0) is 6.54 Å². The number of rotatable bonds is 6. The third-order valence-corrected chi connectivity index (χ3v) is 3.60. The molecule has 2 aromatic rings. The molecule has 0 bridgehead atoms. The molecule has 0 aliphatic heterocycles. The van der Waals surface area contributed by atoms with Gasteiger partial charge in [0.1, 0.15) is 5.75 Å². The summed E-state index contributed by atoms with van der Waals surface area (Å²) in [6.07, 6.45) is 1.00. The first kappa shape index (κ1) is 14.9. The average Bonchev–Trinajstić information content (AvgIpc) is 2.48. The quantitative estimate of drug-likeness (QED) is 0.840. The van der Waals surface area contributed by atoms with Gasteiger partial charge in [0.05, 0.1) is 7.11 Å². The molecule has 0 radical (unpaired) electrons. The van der Waals surface area contributed by atoms with Crippen LogP contribution in [0, 0.1) is 0 Å². The molecule has 0 saturated carbocycles. The van der Waals surface area contributed by atoms with Crippen molar-refractivity contribution in [3.8, 4) is 5.75 Å². The Morgan fingerprint density at radius 3 is 2.65 bits per heavy atom. The predicted octanol–water partition coefficient (Wildman–Crippen LogP) is 4.59. The maximum Gasteiger partial charge on any atom is 0.123 e. The summed E-state index contributed by atoms with van der Waals surface area (Å²) in [6, 6.07) is 16.3. The summed E-state index contributed by atoms with van der Waals surface area (Å²) < 4.78 is 5.44. The van der Waals surface area contributed by atoms with Crippen LogP contribution in [0.1, 0.15) is 30.5 Å². The highest BCUT2D eigenvalue weighted by Gasteiger charge is 2.13. The third-order valence-electron chi connectivity index (χ3n) is 3.36. The Balaban J connectivity index is 2.09. The van der Waals surface area contributed by atoms with Crippen molar-refractivity contribution >= 4 is 11.6 Å². The number of ether oxygens (including phenoxy) is 1. The maximum atomic E-state index is 6.01. The van der Waals surface area contributed by atoms with E-state index in [-0.39, 0.29) is 6.04 Å². The van der Waals surface area contributed by atoms with Crippen LogP contribution in [0.25, 0.3) is 0 Å². The minimum absolute atomic E-state index is 0.269. The fourth-order valence-corrected chi connectivity index (χ4v) is 2.53. The van der Waals surface area contributed by atoms with Crippen molar-refractivity contribution < 1.29 is 4.74 Å². The number of methoxy groups -OCH3 is 1. The van der Waals surface area contributed by atoms with Crippen LogP contribution in [0.5, 0.6) is 5.75 Å². The third kappa shape index (κ3) is 3.75. The number of benzene rings is 2. The van der Waals surface area contributed by atoms with Crippen LogP contribution in [0.4, 0.5) is 0 Å². The Morgan fingerprint density at radius 2 is 1.95 bits per heavy atom. The molecule has 0 amide bonds. The van der Waals surface area contributed by atoms with Crippen molar-refractivity contribution in [1.29, 1.82) is 0 Å². The minimum Gasteiger partial charge on any atom is -0.496 e. The van der Waals surface area contributed by atoms with Gasteiger partial charge in [0.15, 0.2) is 0 Å². The van der Waals surface area contributed by atoms with E-state index in [1.165, 1.54) is 11.1 Å². The Kier molecular flexibility index (Phi) is 5.45. The van der Waals surface area contributed by atoms with Gasteiger partial charge < -0.3 is 10.1 Å². The molecule has 1 atom stereocenters. The average molecular weight is 290 g/mol. The SMILES string of the molecule is CCC(NCc1cccc(Cl)c1)c1ccccc1OC. The summed E-state index contributed by atoms with van der Waals surface area (Å²) >= 11 is 6.01. The maximum absolute atomic E-state index is 6.01. The first-order valence-electron chi connectivity index (χ1n) is 6.85. The molecular weight excluding hydrogens is 270 g/mol. The molecule has 2 rings (SSSR count). The molecule has 0 spiro atoms. The Morgan fingerprint density at radius 1 is 1.15 bits per heavy atom. The highest BCUT2D eigenvalue weighted by atomic mass is 35.5. The molecule has 1 unspecified atom stereocenters. The van der Waals surface area contributed by atoms with Crippen molar-refractivity contribution in [2.24, 2.45) is 0 Å². The van der Waals surface area contributed by atoms with E-state index < -0.39 is 0 Å². The second-order valence-corrected chi connectivity index (χ2v) is 5.15. The lowest BCUT2D eigenvalue weighted by Gasteiger charge is -2.20. The van der Waals surface area contributed by atoms with Gasteiger partial charge in [-0.3, -0.25) is 0 Å². The van der Waals surface area contributed by atoms with Crippen molar-refractivity contribution in [3.05, 3.63) is 64.7 Å². The molecule has 0 aromatic heterocycles. The van der Waals surface area contributed by atoms with E-state index in [9.17, 15) is 0 Å². The Hall–Kier alpha value is -1.51. The van der Waals surface area contributed by atoms with Crippen LogP contribution in [0.3, 0.4) is 0 Å². The Bertz CT molecular complexity index is 556. The van der Waals surface area contributed by atoms with E-state index in [1.807, 2.05) is 36.4 Å². The molecule has 20 heavy (non-hydrogen) atoms. The molecule has 0 aliphatic rings. The van der Waals surface area contributed by atoms with Crippen LogP contribution in [-0.4, -0.2) is 7.11 Å². The fourth-order valence-electron chi connectivity index (χ4n) is 2.32. The molecule has 0 aliphatic carbocycles. The molecule has 106 valence electrons. The highest BCUT2D eigenvalue weighted by molar-refractivity contribution is 6.30. The molecule has 2 nitrogen and oxygen atoms in total. The standard InChI is InChI=1S/C17H20ClNO/c1-3-16(15-9-4-5-10-17(15)20-2)19-12-13-7-6-8-14(18)11-13/h4-11,16,19H,3,12H2,1-2H3. The van der Waals surface area contributed by atoms with Gasteiger partial charge in [-0.05, 0) is 30.2 Å². The zero-order chi connectivity index (χ0) is 14.4. The molecule has 1 N–H and O–H groups in total. The van der Waals surface area contributed by atoms with Gasteiger partial charge in [0.25, 0.3) is 0 Å². The molecule has 3 heteroatoms. The number of para-hydroxylation sites is 1. The Labute approximate surface area is 125 Å². The molecular formula is C17H20ClNO. The van der Waals surface area contributed by atoms with Crippen LogP contribution in [0.15, 0.2) is 48.5 Å². The van der Waals surface area contributed by atoms with E-state index in [1.54, 1.807) is 7.11 Å². The van der Waals surface area contributed by atoms with Gasteiger partial charge in [-0.1, -0.05) is 48.9 Å². The van der Waals surface area contributed by atoms with Crippen molar-refractivity contribution in [3.63, 3.8) is 0 Å². The first-order chi connectivity index (χ1) is 9.74. The second kappa shape index (κ2) is 7.32. The van der Waals surface area contributed by atoms with Gasteiger partial charge in [0, 0.05) is 23.2 Å². The zero-order valence-electron chi connectivity index (χ0n) is 11.9. The minimum atomic E-state index is 0.269. The van der Waals surface area contributed by atoms with E-state index in [4.69, 9.17) is 16.3 Å². The lowest BCUT2D eigenvalue weighted by atomic mass is 10.0. The first-order valence-corrected chi connectivity index (χ1v) is 7.23. The predicted molar refractivity (Wildman–Crippen MR) is 84.3 cm³/mol. The largest absolute Gasteiger partial charge is 0.496 e. The van der Waals surface area contributed by atoms with Crippen LogP contribution in [0.2, 0.25) is 5.02 Å². The molecule has 0 fully saturated rings. The number of nitrogens with one attached hydrogen (secondary N) is 1. The van der Waals surface area contributed by atoms with E-state index in [2.05, 4.69) is 24.4 Å². The van der Waals surface area contributed by atoms with Crippen molar-refractivity contribution in [1.82, 2.24) is 5.32 Å². The second-order valence-electron chi connectivity index (χ2n) is 4.71. The van der Waals surface area contributed by atoms with Gasteiger partial charge in [-0.15, -0.1) is 0 Å². The normalized spacial score (nSPS) is 12.2. The van der Waals surface area contributed by atoms with E-state index >= 15 is 0 Å². The summed E-state index contributed by atoms with van der Waals surface area (Å²) in [6.45, 7) is 2.96. The number of hydrogen-bond acceptors (Lipinski definition) is 2. The van der Waals surface area contributed by atoms with Crippen molar-refractivity contribution in [2.45, 2.75) is 25.9 Å².